The quantitative estimate of drug-likeness (QED) is 0.220. The van der Waals surface area contributed by atoms with Gasteiger partial charge in [0.1, 0.15) is 13.1 Å². The minimum Gasteiger partial charge on any atom is -0.480 e. The maximum absolute atomic E-state index is 11.0. The number of likely N-dealkylation sites (N-methyl/N-ethyl adjacent to an activating group) is 2. The number of carbonyl (C=O) groups excluding carboxylic acids is 2. The van der Waals surface area contributed by atoms with E-state index in [0.29, 0.717) is 38.8 Å². The molecule has 0 heterocycles. The lowest BCUT2D eigenvalue weighted by Crippen LogP contribution is -2.35. The molecule has 0 fully saturated rings. The molecule has 2 amide bonds. The van der Waals surface area contributed by atoms with Gasteiger partial charge in [-0.05, 0) is 52.4 Å². The van der Waals surface area contributed by atoms with Crippen LogP contribution in [0.3, 0.4) is 0 Å². The summed E-state index contributed by atoms with van der Waals surface area (Å²) >= 11 is 0. The van der Waals surface area contributed by atoms with Crippen molar-refractivity contribution in [3.8, 4) is 23.7 Å². The Hall–Kier alpha value is -3.48. The molecule has 12 heteroatoms. The van der Waals surface area contributed by atoms with Crippen LogP contribution in [-0.2, 0) is 19.1 Å². The first-order chi connectivity index (χ1) is 17.1. The largest absolute Gasteiger partial charge is 0.480 e. The van der Waals surface area contributed by atoms with Crippen LogP contribution >= 0.6 is 0 Å². The average Bonchev–Trinajstić information content (AvgIpc) is 2.83. The molecule has 0 unspecified atom stereocenters. The van der Waals surface area contributed by atoms with Crippen LogP contribution in [0.15, 0.2) is 0 Å². The van der Waals surface area contributed by atoms with Gasteiger partial charge in [0.15, 0.2) is 0 Å². The Morgan fingerprint density at radius 1 is 0.667 bits per heavy atom. The number of aliphatic hydroxyl groups excluding tert-OH is 2. The van der Waals surface area contributed by atoms with Crippen molar-refractivity contribution in [2.45, 2.75) is 53.4 Å². The first kappa shape index (κ1) is 37.1. The topological polar surface area (TPSA) is 174 Å². The van der Waals surface area contributed by atoms with Crippen molar-refractivity contribution in [1.29, 1.82) is 0 Å². The number of hydrogen-bond acceptors (Lipinski definition) is 8. The van der Waals surface area contributed by atoms with Crippen LogP contribution in [0.1, 0.15) is 53.4 Å². The fourth-order valence-electron chi connectivity index (χ4n) is 1.92. The molecule has 12 nitrogen and oxygen atoms in total. The zero-order valence-corrected chi connectivity index (χ0v) is 21.6. The Morgan fingerprint density at radius 2 is 1.00 bits per heavy atom. The Bertz CT molecular complexity index is 673. The number of aliphatic hydroxyl groups is 2. The molecule has 0 aliphatic heterocycles. The minimum absolute atomic E-state index is 0.187. The van der Waals surface area contributed by atoms with E-state index in [-0.39, 0.29) is 39.5 Å². The first-order valence-corrected chi connectivity index (χ1v) is 11.6. The molecule has 0 aliphatic rings. The lowest BCUT2D eigenvalue weighted by molar-refractivity contribution is -0.138. The number of amides is 2. The Balaban J connectivity index is -0.000000454. The van der Waals surface area contributed by atoms with E-state index in [1.54, 1.807) is 27.7 Å². The summed E-state index contributed by atoms with van der Waals surface area (Å²) < 4.78 is 9.24. The molecule has 4 N–H and O–H groups in total. The number of unbranched alkanes of at least 4 members (excludes halogenated alkanes) is 2. The van der Waals surface area contributed by atoms with E-state index in [9.17, 15) is 19.2 Å². The second kappa shape index (κ2) is 27.8. The zero-order chi connectivity index (χ0) is 28.2. The number of ether oxygens (including phenoxy) is 2. The van der Waals surface area contributed by atoms with Crippen molar-refractivity contribution in [2.24, 2.45) is 0 Å². The molecule has 0 rings (SSSR count). The molecule has 0 saturated carbocycles. The van der Waals surface area contributed by atoms with Crippen molar-refractivity contribution in [3.63, 3.8) is 0 Å². The lowest BCUT2D eigenvalue weighted by Gasteiger charge is -2.16. The predicted molar refractivity (Wildman–Crippen MR) is 132 cm³/mol. The third-order valence-electron chi connectivity index (χ3n) is 3.63. The molecule has 0 aromatic carbocycles. The van der Waals surface area contributed by atoms with Crippen molar-refractivity contribution in [3.05, 3.63) is 0 Å². The standard InChI is InChI=1S/C10H14O2.2C7H13NO4/c11-9-7-5-3-1-2-4-6-8-10-12;2*1-3-8(5-6(9)10)7(11)12-4-2/h11-12H,5-10H2;2*3-5H2,1-2H3,(H,9,10). The number of carbonyl (C=O) groups is 4. The number of aliphatic carboxylic acids is 2. The van der Waals surface area contributed by atoms with Crippen LogP contribution in [-0.4, -0.2) is 107 Å². The minimum atomic E-state index is -1.04. The van der Waals surface area contributed by atoms with Crippen LogP contribution in [0.25, 0.3) is 0 Å². The highest BCUT2D eigenvalue weighted by molar-refractivity contribution is 5.77. The van der Waals surface area contributed by atoms with Crippen LogP contribution in [0.2, 0.25) is 0 Å². The predicted octanol–water partition coefficient (Wildman–Crippen LogP) is 1.64. The van der Waals surface area contributed by atoms with Gasteiger partial charge in [0.05, 0.1) is 13.2 Å². The summed E-state index contributed by atoms with van der Waals surface area (Å²) in [6.45, 7) is 7.68. The van der Waals surface area contributed by atoms with Gasteiger partial charge in [-0.3, -0.25) is 19.4 Å². The fourth-order valence-corrected chi connectivity index (χ4v) is 1.92. The Morgan fingerprint density at radius 3 is 1.22 bits per heavy atom. The normalized spacial score (nSPS) is 8.72. The van der Waals surface area contributed by atoms with Gasteiger partial charge < -0.3 is 29.9 Å². The number of hydrogen-bond donors (Lipinski definition) is 4. The third kappa shape index (κ3) is 26.8. The van der Waals surface area contributed by atoms with Gasteiger partial charge >= 0.3 is 24.1 Å². The third-order valence-corrected chi connectivity index (χ3v) is 3.63. The van der Waals surface area contributed by atoms with Crippen molar-refractivity contribution >= 4 is 24.1 Å². The molecule has 0 atom stereocenters. The van der Waals surface area contributed by atoms with Gasteiger partial charge in [0.25, 0.3) is 0 Å². The van der Waals surface area contributed by atoms with Crippen molar-refractivity contribution in [2.75, 3.05) is 52.6 Å². The van der Waals surface area contributed by atoms with E-state index < -0.39 is 24.1 Å². The zero-order valence-electron chi connectivity index (χ0n) is 21.6. The van der Waals surface area contributed by atoms with E-state index in [4.69, 9.17) is 20.4 Å². The molecule has 0 aliphatic carbocycles. The second-order valence-electron chi connectivity index (χ2n) is 6.47. The highest BCUT2D eigenvalue weighted by atomic mass is 16.6. The average molecular weight is 517 g/mol. The molecule has 0 radical (unpaired) electrons. The Labute approximate surface area is 213 Å². The Kier molecular flexibility index (Phi) is 28.6. The van der Waals surface area contributed by atoms with E-state index in [2.05, 4.69) is 33.2 Å². The van der Waals surface area contributed by atoms with Crippen molar-refractivity contribution < 1.29 is 49.1 Å². The van der Waals surface area contributed by atoms with Gasteiger partial charge in [0.2, 0.25) is 0 Å². The summed E-state index contributed by atoms with van der Waals surface area (Å²) in [5.74, 6) is 8.91. The summed E-state index contributed by atoms with van der Waals surface area (Å²) in [6.07, 6.45) is 1.66. The van der Waals surface area contributed by atoms with E-state index >= 15 is 0 Å². The van der Waals surface area contributed by atoms with Gasteiger partial charge in [-0.15, -0.1) is 0 Å². The van der Waals surface area contributed by atoms with E-state index in [0.717, 1.165) is 9.80 Å². The van der Waals surface area contributed by atoms with Crippen LogP contribution < -0.4 is 0 Å². The molecule has 0 aromatic rings. The van der Waals surface area contributed by atoms with E-state index in [1.807, 2.05) is 0 Å². The molecule has 0 saturated heterocycles. The second-order valence-corrected chi connectivity index (χ2v) is 6.47. The summed E-state index contributed by atoms with van der Waals surface area (Å²) in [6, 6.07) is 0. The summed E-state index contributed by atoms with van der Waals surface area (Å²) in [5.41, 5.74) is 0. The van der Waals surface area contributed by atoms with Gasteiger partial charge in [-0.25, -0.2) is 9.59 Å². The number of carboxylic acids is 2. The maximum Gasteiger partial charge on any atom is 0.410 e. The monoisotopic (exact) mass is 516 g/mol. The molecule has 0 bridgehead atoms. The van der Waals surface area contributed by atoms with Crippen molar-refractivity contribution in [1.82, 2.24) is 9.80 Å². The summed E-state index contributed by atoms with van der Waals surface area (Å²) in [4.78, 5) is 44.6. The van der Waals surface area contributed by atoms with Crippen LogP contribution in [0.5, 0.6) is 0 Å². The molecular weight excluding hydrogens is 476 g/mol. The first-order valence-electron chi connectivity index (χ1n) is 11.6. The number of rotatable bonds is 12. The molecule has 36 heavy (non-hydrogen) atoms. The van der Waals surface area contributed by atoms with E-state index in [1.165, 1.54) is 0 Å². The van der Waals surface area contributed by atoms with Gasteiger partial charge in [-0.2, -0.15) is 0 Å². The molecule has 0 aromatic heterocycles. The van der Waals surface area contributed by atoms with Crippen LogP contribution in [0.4, 0.5) is 9.59 Å². The lowest BCUT2D eigenvalue weighted by atomic mass is 10.3. The molecule has 206 valence electrons. The number of carboxylic acid groups (broad SMARTS) is 2. The highest BCUT2D eigenvalue weighted by Gasteiger charge is 2.15. The smallest absolute Gasteiger partial charge is 0.410 e. The van der Waals surface area contributed by atoms with Gasteiger partial charge in [0, 0.05) is 39.1 Å². The number of nitrogens with zero attached hydrogens (tertiary/aromatic N) is 2. The SMILES string of the molecule is CCOC(=O)N(CC)CC(=O)O.CCOC(=O)N(CC)CC(=O)O.OCCCC#CC#CCCCO. The summed E-state index contributed by atoms with van der Waals surface area (Å²) in [5, 5.41) is 33.6. The van der Waals surface area contributed by atoms with Crippen LogP contribution in [0, 0.1) is 23.7 Å². The molecule has 0 spiro atoms. The molecular formula is C24H40N2O10. The highest BCUT2D eigenvalue weighted by Crippen LogP contribution is 1.94. The maximum atomic E-state index is 11.0. The summed E-state index contributed by atoms with van der Waals surface area (Å²) in [7, 11) is 0. The fraction of sp³-hybridized carbons (Fsp3) is 0.667. The van der Waals surface area contributed by atoms with Gasteiger partial charge in [-0.1, -0.05) is 11.8 Å².